The van der Waals surface area contributed by atoms with Crippen LogP contribution in [0, 0.1) is 0 Å². The first-order valence-electron chi connectivity index (χ1n) is 10.0. The van der Waals surface area contributed by atoms with Gasteiger partial charge in [0, 0.05) is 23.4 Å². The van der Waals surface area contributed by atoms with Crippen LogP contribution in [0.15, 0.2) is 78.9 Å². The van der Waals surface area contributed by atoms with E-state index in [4.69, 9.17) is 4.74 Å². The van der Waals surface area contributed by atoms with Crippen molar-refractivity contribution in [3.63, 3.8) is 0 Å². The first kappa shape index (κ1) is 21.1. The summed E-state index contributed by atoms with van der Waals surface area (Å²) in [6.45, 7) is 3.91. The molecule has 0 saturated carbocycles. The van der Waals surface area contributed by atoms with E-state index in [2.05, 4.69) is 10.6 Å². The molecule has 0 aromatic heterocycles. The molecule has 0 fully saturated rings. The van der Waals surface area contributed by atoms with Crippen LogP contribution in [-0.2, 0) is 11.2 Å². The smallest absolute Gasteiger partial charge is 0.255 e. The summed E-state index contributed by atoms with van der Waals surface area (Å²) < 4.78 is 5.59. The van der Waals surface area contributed by atoms with Gasteiger partial charge in [0.2, 0.25) is 5.91 Å². The van der Waals surface area contributed by atoms with Crippen LogP contribution in [0.4, 0.5) is 11.4 Å². The Morgan fingerprint density at radius 1 is 0.800 bits per heavy atom. The maximum atomic E-state index is 12.4. The fourth-order valence-electron chi connectivity index (χ4n) is 2.92. The number of ether oxygens (including phenoxy) is 1. The van der Waals surface area contributed by atoms with E-state index >= 15 is 0 Å². The zero-order valence-electron chi connectivity index (χ0n) is 17.2. The van der Waals surface area contributed by atoms with Crippen molar-refractivity contribution < 1.29 is 14.3 Å². The number of hydrogen-bond acceptors (Lipinski definition) is 3. The van der Waals surface area contributed by atoms with E-state index in [9.17, 15) is 9.59 Å². The van der Waals surface area contributed by atoms with Crippen LogP contribution in [0.1, 0.15) is 36.2 Å². The van der Waals surface area contributed by atoms with E-state index in [1.54, 1.807) is 48.5 Å². The fraction of sp³-hybridized carbons (Fsp3) is 0.200. The third-order valence-corrected chi connectivity index (χ3v) is 4.40. The molecule has 3 aromatic rings. The zero-order chi connectivity index (χ0) is 21.3. The molecule has 5 nitrogen and oxygen atoms in total. The third-order valence-electron chi connectivity index (χ3n) is 4.40. The second-order valence-electron chi connectivity index (χ2n) is 7.26. The Hall–Kier alpha value is -3.60. The lowest BCUT2D eigenvalue weighted by Gasteiger charge is -2.11. The minimum Gasteiger partial charge on any atom is -0.491 e. The number of carbonyl (C=O) groups excluding carboxylic acids is 2. The Balaban J connectivity index is 1.50. The summed E-state index contributed by atoms with van der Waals surface area (Å²) in [6.07, 6.45) is 1.20. The average Bonchev–Trinajstić information content (AvgIpc) is 2.74. The quantitative estimate of drug-likeness (QED) is 0.537. The summed E-state index contributed by atoms with van der Waals surface area (Å²) in [5.41, 5.74) is 3.03. The maximum Gasteiger partial charge on any atom is 0.255 e. The van der Waals surface area contributed by atoms with Gasteiger partial charge in [0.15, 0.2) is 0 Å². The zero-order valence-corrected chi connectivity index (χ0v) is 17.2. The number of amides is 2. The molecule has 5 heteroatoms. The van der Waals surface area contributed by atoms with E-state index in [0.717, 1.165) is 11.3 Å². The van der Waals surface area contributed by atoms with Crippen molar-refractivity contribution in [1.29, 1.82) is 0 Å². The van der Waals surface area contributed by atoms with Crippen LogP contribution in [0.25, 0.3) is 0 Å². The molecule has 0 atom stereocenters. The van der Waals surface area contributed by atoms with Gasteiger partial charge in [-0.05, 0) is 74.4 Å². The minimum atomic E-state index is -0.203. The highest BCUT2D eigenvalue weighted by molar-refractivity contribution is 6.04. The summed E-state index contributed by atoms with van der Waals surface area (Å²) in [5, 5.41) is 5.73. The van der Waals surface area contributed by atoms with Gasteiger partial charge in [-0.15, -0.1) is 0 Å². The topological polar surface area (TPSA) is 67.4 Å². The molecular weight excluding hydrogens is 376 g/mol. The van der Waals surface area contributed by atoms with Crippen LogP contribution in [0.5, 0.6) is 5.75 Å². The number of hydrogen-bond donors (Lipinski definition) is 2. The van der Waals surface area contributed by atoms with Gasteiger partial charge in [0.25, 0.3) is 5.91 Å². The number of rotatable bonds is 8. The first-order chi connectivity index (χ1) is 14.5. The van der Waals surface area contributed by atoms with Crippen molar-refractivity contribution in [2.75, 3.05) is 10.6 Å². The van der Waals surface area contributed by atoms with Gasteiger partial charge in [-0.1, -0.05) is 30.3 Å². The highest BCUT2D eigenvalue weighted by Gasteiger charge is 2.08. The van der Waals surface area contributed by atoms with E-state index in [1.807, 2.05) is 44.2 Å². The summed E-state index contributed by atoms with van der Waals surface area (Å²) >= 11 is 0. The predicted octanol–water partition coefficient (Wildman–Crippen LogP) is 5.30. The fourth-order valence-corrected chi connectivity index (χ4v) is 2.92. The summed E-state index contributed by atoms with van der Waals surface area (Å²) in [6, 6.07) is 24.0. The Kier molecular flexibility index (Phi) is 7.22. The highest BCUT2D eigenvalue weighted by Crippen LogP contribution is 2.17. The van der Waals surface area contributed by atoms with Crippen LogP contribution in [0.3, 0.4) is 0 Å². The standard InChI is InChI=1S/C25H26N2O3/c1-18(2)30-23-15-9-20(10-16-23)25(29)27-22-13-11-21(12-14-22)26-24(28)17-8-19-6-4-3-5-7-19/h3-7,9-16,18H,8,17H2,1-2H3,(H,26,28)(H,27,29). The number of aryl methyl sites for hydroxylation is 1. The molecule has 3 aromatic carbocycles. The Morgan fingerprint density at radius 2 is 1.40 bits per heavy atom. The molecule has 0 aliphatic carbocycles. The molecule has 0 saturated heterocycles. The normalized spacial score (nSPS) is 10.5. The van der Waals surface area contributed by atoms with Crippen molar-refractivity contribution in [2.24, 2.45) is 0 Å². The number of nitrogens with one attached hydrogen (secondary N) is 2. The molecule has 0 heterocycles. The van der Waals surface area contributed by atoms with E-state index < -0.39 is 0 Å². The molecule has 0 spiro atoms. The lowest BCUT2D eigenvalue weighted by Crippen LogP contribution is -2.13. The molecule has 30 heavy (non-hydrogen) atoms. The Labute approximate surface area is 177 Å². The summed E-state index contributed by atoms with van der Waals surface area (Å²) in [4.78, 5) is 24.5. The SMILES string of the molecule is CC(C)Oc1ccc(C(=O)Nc2ccc(NC(=O)CCc3ccccc3)cc2)cc1. The van der Waals surface area contributed by atoms with E-state index in [-0.39, 0.29) is 17.9 Å². The Morgan fingerprint density at radius 3 is 2.00 bits per heavy atom. The van der Waals surface area contributed by atoms with Gasteiger partial charge in [-0.3, -0.25) is 9.59 Å². The average molecular weight is 402 g/mol. The summed E-state index contributed by atoms with van der Waals surface area (Å²) in [7, 11) is 0. The lowest BCUT2D eigenvalue weighted by molar-refractivity contribution is -0.116. The van der Waals surface area contributed by atoms with E-state index in [0.29, 0.717) is 29.8 Å². The summed E-state index contributed by atoms with van der Waals surface area (Å²) in [5.74, 6) is 0.485. The van der Waals surface area contributed by atoms with Gasteiger partial charge >= 0.3 is 0 Å². The molecule has 2 amide bonds. The van der Waals surface area contributed by atoms with Crippen LogP contribution < -0.4 is 15.4 Å². The maximum absolute atomic E-state index is 12.4. The van der Waals surface area contributed by atoms with Gasteiger partial charge in [-0.25, -0.2) is 0 Å². The second-order valence-corrected chi connectivity index (χ2v) is 7.26. The largest absolute Gasteiger partial charge is 0.491 e. The number of benzene rings is 3. The van der Waals surface area contributed by atoms with Gasteiger partial charge in [-0.2, -0.15) is 0 Å². The molecule has 0 unspecified atom stereocenters. The van der Waals surface area contributed by atoms with Crippen LogP contribution >= 0.6 is 0 Å². The number of carbonyl (C=O) groups is 2. The lowest BCUT2D eigenvalue weighted by atomic mass is 10.1. The molecule has 0 radical (unpaired) electrons. The predicted molar refractivity (Wildman–Crippen MR) is 120 cm³/mol. The van der Waals surface area contributed by atoms with Gasteiger partial charge < -0.3 is 15.4 Å². The monoisotopic (exact) mass is 402 g/mol. The number of anilines is 2. The van der Waals surface area contributed by atoms with Crippen molar-refractivity contribution in [3.05, 3.63) is 90.0 Å². The molecule has 154 valence electrons. The van der Waals surface area contributed by atoms with Gasteiger partial charge in [0.05, 0.1) is 6.10 Å². The molecule has 3 rings (SSSR count). The van der Waals surface area contributed by atoms with Crippen molar-refractivity contribution >= 4 is 23.2 Å². The Bertz CT molecular complexity index is 966. The third kappa shape index (κ3) is 6.48. The minimum absolute atomic E-state index is 0.0423. The molecule has 0 bridgehead atoms. The van der Waals surface area contributed by atoms with Crippen LogP contribution in [0.2, 0.25) is 0 Å². The van der Waals surface area contributed by atoms with Gasteiger partial charge in [0.1, 0.15) is 5.75 Å². The van der Waals surface area contributed by atoms with E-state index in [1.165, 1.54) is 0 Å². The molecule has 0 aliphatic rings. The first-order valence-corrected chi connectivity index (χ1v) is 10.0. The second kappa shape index (κ2) is 10.3. The molecule has 2 N–H and O–H groups in total. The van der Waals surface area contributed by atoms with Crippen molar-refractivity contribution in [1.82, 2.24) is 0 Å². The van der Waals surface area contributed by atoms with Crippen molar-refractivity contribution in [3.8, 4) is 5.75 Å². The van der Waals surface area contributed by atoms with Crippen LogP contribution in [-0.4, -0.2) is 17.9 Å². The van der Waals surface area contributed by atoms with Crippen molar-refractivity contribution in [2.45, 2.75) is 32.8 Å². The molecular formula is C25H26N2O3. The highest BCUT2D eigenvalue weighted by atomic mass is 16.5. The molecule has 0 aliphatic heterocycles.